The summed E-state index contributed by atoms with van der Waals surface area (Å²) in [6.45, 7) is 6.67. The number of thiol groups is 2. The van der Waals surface area contributed by atoms with Crippen LogP contribution >= 0.6 is 25.3 Å². The third-order valence-electron chi connectivity index (χ3n) is 16.3. The molecule has 0 radical (unpaired) electrons. The molecule has 0 spiro atoms. The number of nitrogens with one attached hydrogen (secondary N) is 10. The average Bonchev–Trinajstić information content (AvgIpc) is 0.851. The number of guanidine groups is 3. The van der Waals surface area contributed by atoms with E-state index in [0.717, 1.165) is 19.3 Å². The zero-order valence-electron chi connectivity index (χ0n) is 57.0. The molecule has 0 aliphatic heterocycles. The molecule has 2 rings (SSSR count). The number of aliphatic imine (C=N–C) groups is 3. The highest BCUT2D eigenvalue weighted by molar-refractivity contribution is 7.80. The lowest BCUT2D eigenvalue weighted by Gasteiger charge is -2.39. The minimum Gasteiger partial charge on any atom is -0.481 e. The molecule has 0 heterocycles. The van der Waals surface area contributed by atoms with Gasteiger partial charge in [-0.1, -0.05) is 90.1 Å². The van der Waals surface area contributed by atoms with Crippen LogP contribution in [0.4, 0.5) is 0 Å². The maximum atomic E-state index is 14.8. The molecule has 1 aliphatic carbocycles. The highest BCUT2D eigenvalue weighted by Crippen LogP contribution is 2.26. The molecular formula is C62H105N21O14S2. The fraction of sp³-hybridized carbons (Fsp3) is 0.645. The molecule has 25 N–H and O–H groups in total. The molecule has 0 saturated heterocycles. The molecule has 1 aliphatic rings. The van der Waals surface area contributed by atoms with Gasteiger partial charge in [0.25, 0.3) is 0 Å². The molecule has 12 atom stereocenters. The summed E-state index contributed by atoms with van der Waals surface area (Å²) in [6, 6.07) is -5.21. The minimum atomic E-state index is -1.93. The maximum absolute atomic E-state index is 14.8. The molecule has 1 aromatic rings. The minimum absolute atomic E-state index is 0.00938. The first kappa shape index (κ1) is 86.1. The van der Waals surface area contributed by atoms with Crippen LogP contribution in [0.25, 0.3) is 0 Å². The summed E-state index contributed by atoms with van der Waals surface area (Å²) in [7, 11) is 0. The summed E-state index contributed by atoms with van der Waals surface area (Å²) in [4.78, 5) is 191. The molecule has 35 nitrogen and oxygen atoms in total. The first-order valence-corrected chi connectivity index (χ1v) is 34.3. The molecule has 0 bridgehead atoms. The number of rotatable bonds is 46. The molecule has 1 fully saturated rings. The number of hydrogen-bond donors (Lipinski definition) is 20. The van der Waals surface area contributed by atoms with Gasteiger partial charge in [0.2, 0.25) is 65.0 Å². The van der Waals surface area contributed by atoms with Gasteiger partial charge in [0.1, 0.15) is 54.6 Å². The van der Waals surface area contributed by atoms with Crippen molar-refractivity contribution in [2.75, 3.05) is 44.2 Å². The van der Waals surface area contributed by atoms with E-state index < -0.39 is 163 Å². The Hall–Kier alpha value is -9.00. The number of aldehydes is 1. The van der Waals surface area contributed by atoms with Gasteiger partial charge in [-0.2, -0.15) is 25.3 Å². The van der Waals surface area contributed by atoms with Gasteiger partial charge in [-0.25, -0.2) is 0 Å². The monoisotopic (exact) mass is 1430 g/mol. The van der Waals surface area contributed by atoms with Crippen LogP contribution in [0.15, 0.2) is 45.3 Å². The number of aliphatic carboxylic acids is 1. The Bertz CT molecular complexity index is 2930. The summed E-state index contributed by atoms with van der Waals surface area (Å²) < 4.78 is 0. The lowest BCUT2D eigenvalue weighted by molar-refractivity contribution is -0.143. The number of hydrogen-bond acceptors (Lipinski definition) is 19. The Balaban J connectivity index is 2.54. The number of carbonyl (C=O) groups excluding carboxylic acids is 12. The number of benzene rings is 1. The third-order valence-corrected chi connectivity index (χ3v) is 17.1. The first-order chi connectivity index (χ1) is 46.9. The predicted octanol–water partition coefficient (Wildman–Crippen LogP) is -5.00. The number of nitrogens with zero attached hydrogens (tertiary/aromatic N) is 4. The van der Waals surface area contributed by atoms with Crippen molar-refractivity contribution in [3.05, 3.63) is 35.9 Å². The van der Waals surface area contributed by atoms with Gasteiger partial charge < -0.3 is 108 Å². The van der Waals surface area contributed by atoms with Crippen LogP contribution in [0.2, 0.25) is 0 Å². The van der Waals surface area contributed by atoms with Crippen LogP contribution in [-0.2, 0) is 68.7 Å². The van der Waals surface area contributed by atoms with E-state index in [2.05, 4.69) is 93.4 Å². The second kappa shape index (κ2) is 46.3. The topological polar surface area (TPSA) is 585 Å². The van der Waals surface area contributed by atoms with Crippen LogP contribution < -0.4 is 93.3 Å². The largest absolute Gasteiger partial charge is 0.481 e. The number of carboxylic acids is 1. The quantitative estimate of drug-likeness (QED) is 0.00955. The number of carboxylic acid groups (broad SMARTS) is 1. The van der Waals surface area contributed by atoms with Gasteiger partial charge in [0.05, 0.1) is 31.6 Å². The normalized spacial score (nSPS) is 15.6. The molecule has 1 aromatic carbocycles. The van der Waals surface area contributed by atoms with Gasteiger partial charge in [0.15, 0.2) is 17.9 Å². The van der Waals surface area contributed by atoms with Crippen molar-refractivity contribution in [2.24, 2.45) is 66.9 Å². The van der Waals surface area contributed by atoms with Crippen molar-refractivity contribution in [2.45, 2.75) is 197 Å². The van der Waals surface area contributed by atoms with Crippen LogP contribution in [0, 0.1) is 11.8 Å². The van der Waals surface area contributed by atoms with Crippen LogP contribution in [0.5, 0.6) is 0 Å². The van der Waals surface area contributed by atoms with Crippen LogP contribution in [-0.4, -0.2) is 216 Å². The molecule has 554 valence electrons. The van der Waals surface area contributed by atoms with Crippen molar-refractivity contribution < 1.29 is 67.4 Å². The highest BCUT2D eigenvalue weighted by Gasteiger charge is 2.40. The second-order valence-corrected chi connectivity index (χ2v) is 24.9. The summed E-state index contributed by atoms with van der Waals surface area (Å²) in [5.74, 6) is -13.2. The van der Waals surface area contributed by atoms with Gasteiger partial charge in [-0.3, -0.25) is 72.5 Å². The third kappa shape index (κ3) is 32.5. The number of amides is 11. The smallest absolute Gasteiger partial charge is 0.305 e. The Morgan fingerprint density at radius 1 is 0.545 bits per heavy atom. The lowest BCUT2D eigenvalue weighted by atomic mass is 9.92. The average molecular weight is 1430 g/mol. The number of nitrogens with two attached hydrogens (primary N) is 7. The van der Waals surface area contributed by atoms with E-state index in [0.29, 0.717) is 24.7 Å². The van der Waals surface area contributed by atoms with Crippen molar-refractivity contribution in [3.8, 4) is 0 Å². The van der Waals surface area contributed by atoms with Gasteiger partial charge in [-0.05, 0) is 75.7 Å². The zero-order chi connectivity index (χ0) is 74.3. The molecule has 0 unspecified atom stereocenters. The molecule has 37 heteroatoms. The van der Waals surface area contributed by atoms with Crippen LogP contribution in [0.1, 0.15) is 130 Å². The highest BCUT2D eigenvalue weighted by atomic mass is 32.1. The van der Waals surface area contributed by atoms with E-state index >= 15 is 0 Å². The van der Waals surface area contributed by atoms with Crippen LogP contribution in [0.3, 0.4) is 0 Å². The Morgan fingerprint density at radius 3 is 1.45 bits per heavy atom. The Morgan fingerprint density at radius 2 is 0.990 bits per heavy atom. The first-order valence-electron chi connectivity index (χ1n) is 33.0. The van der Waals surface area contributed by atoms with Crippen molar-refractivity contribution in [3.63, 3.8) is 0 Å². The summed E-state index contributed by atoms with van der Waals surface area (Å²) in [5, 5.41) is 35.4. The summed E-state index contributed by atoms with van der Waals surface area (Å²) >= 11 is 8.34. The van der Waals surface area contributed by atoms with Gasteiger partial charge in [0, 0.05) is 43.6 Å². The van der Waals surface area contributed by atoms with E-state index in [4.69, 9.17) is 40.1 Å². The SMILES string of the molecule is CC[C@H](C)[C@H](NC(=O)[C@H](CCCN=C(N)N)NC(=O)CNC(=O)CNC(=O)[C@H](C)NC(=O)[C@@H](N)CS)C(=O)N[C@@H](CC(=O)O)C(=O)N[C@@H](CCCN=C(N)N)C(=O)N[C@H](C(=O)N[C@@H](Cc1ccccc1)C(=O)N[C@@H](CCCN=C(N)N)C(=O)N(C1CCCCC1)[C@H](C=O)CS)[C@@H](C)CC. The van der Waals surface area contributed by atoms with Crippen molar-refractivity contribution >= 4 is 120 Å². The van der Waals surface area contributed by atoms with E-state index in [9.17, 15) is 67.4 Å². The van der Waals surface area contributed by atoms with Crippen molar-refractivity contribution in [1.82, 2.24) is 58.1 Å². The molecule has 11 amide bonds. The lowest BCUT2D eigenvalue weighted by Crippen LogP contribution is -2.62. The van der Waals surface area contributed by atoms with E-state index in [-0.39, 0.29) is 113 Å². The molecule has 0 aromatic heterocycles. The second-order valence-electron chi connectivity index (χ2n) is 24.2. The maximum Gasteiger partial charge on any atom is 0.305 e. The van der Waals surface area contributed by atoms with Gasteiger partial charge >= 0.3 is 5.97 Å². The van der Waals surface area contributed by atoms with Gasteiger partial charge in [-0.15, -0.1) is 0 Å². The summed E-state index contributed by atoms with van der Waals surface area (Å²) in [5.41, 5.74) is 39.5. The van der Waals surface area contributed by atoms with Crippen molar-refractivity contribution in [1.29, 1.82) is 0 Å². The molecular weight excluding hydrogens is 1330 g/mol. The predicted molar refractivity (Wildman–Crippen MR) is 377 cm³/mol. The molecule has 1 saturated carbocycles. The zero-order valence-corrected chi connectivity index (χ0v) is 58.8. The molecule has 99 heavy (non-hydrogen) atoms. The Kier molecular flexibility index (Phi) is 40.3. The standard InChI is InChI=1S/C62H105N21O14S2/c1-6-34(3)49(57(95)79-44(27-37-17-10-8-11-18-37)55(93)78-43(23-16-26-72-62(68)69)59(97)83(39(31-84)32-98)38-19-12-9-13-20-38)82-54(92)42(22-15-25-71-61(66)67)77-56(94)45(28-48(87)88)80-58(96)50(35(4)7-2)81-53(91)41(21-14-24-70-60(64)65)76-47(86)30-73-46(85)29-74-51(89)36(5)75-52(90)40(63)33-99/h8,10-11,17-18,31,34-36,38-45,49-50,98-99H,6-7,9,12-16,19-30,32-33,63H2,1-5H3,(H,73,85)(H,74,89)(H,75,90)(H,76,86)(H,77,94)(H,78,93)(H,79,95)(H,80,96)(H,81,91)(H,82,92)(H,87,88)(H4,64,65,70)(H4,66,67,71)(H4,68,69,72)/t34-,35-,36-,39+,40-,41-,42-,43-,44-,45-,49-,50-/m0/s1. The van der Waals surface area contributed by atoms with E-state index in [1.54, 1.807) is 58.0 Å². The fourth-order valence-corrected chi connectivity index (χ4v) is 10.8. The number of carbonyl (C=O) groups is 13. The van der Waals surface area contributed by atoms with E-state index in [1.807, 2.05) is 0 Å². The summed E-state index contributed by atoms with van der Waals surface area (Å²) in [6.07, 6.45) is 3.74. The van der Waals surface area contributed by atoms with E-state index in [1.165, 1.54) is 11.8 Å². The fourth-order valence-electron chi connectivity index (χ4n) is 10.4. The Labute approximate surface area is 587 Å².